The lowest BCUT2D eigenvalue weighted by Crippen LogP contribution is -2.42. The van der Waals surface area contributed by atoms with Crippen LogP contribution in [-0.2, 0) is 0 Å². The number of hydrogen-bond acceptors (Lipinski definition) is 3. The molecule has 1 fully saturated rings. The van der Waals surface area contributed by atoms with Gasteiger partial charge in [-0.2, -0.15) is 13.2 Å². The number of carbonyl (C=O) groups excluding carboxylic acids is 1. The van der Waals surface area contributed by atoms with Crippen LogP contribution in [0.4, 0.5) is 13.2 Å². The summed E-state index contributed by atoms with van der Waals surface area (Å²) in [6.45, 7) is 0.509. The molecule has 1 N–H and O–H groups in total. The van der Waals surface area contributed by atoms with Crippen molar-refractivity contribution in [3.63, 3.8) is 0 Å². The van der Waals surface area contributed by atoms with E-state index in [-0.39, 0.29) is 11.8 Å². The van der Waals surface area contributed by atoms with Gasteiger partial charge in [0.25, 0.3) is 5.91 Å². The largest absolute Gasteiger partial charge is 0.401 e. The van der Waals surface area contributed by atoms with Crippen molar-refractivity contribution < 1.29 is 18.0 Å². The normalized spacial score (nSPS) is 17.7. The Morgan fingerprint density at radius 1 is 1.29 bits per heavy atom. The molecule has 1 saturated heterocycles. The van der Waals surface area contributed by atoms with Gasteiger partial charge < -0.3 is 5.32 Å². The van der Waals surface area contributed by atoms with Crippen molar-refractivity contribution >= 4 is 5.91 Å². The third-order valence-electron chi connectivity index (χ3n) is 3.60. The number of rotatable bonds is 4. The van der Waals surface area contributed by atoms with E-state index in [0.717, 1.165) is 0 Å². The summed E-state index contributed by atoms with van der Waals surface area (Å²) in [4.78, 5) is 17.1. The fourth-order valence-corrected chi connectivity index (χ4v) is 2.44. The monoisotopic (exact) mass is 301 g/mol. The highest BCUT2D eigenvalue weighted by Gasteiger charge is 2.32. The summed E-state index contributed by atoms with van der Waals surface area (Å²) in [5.41, 5.74) is 0.541. The molecule has 7 heteroatoms. The number of alkyl halides is 3. The van der Waals surface area contributed by atoms with Crippen LogP contribution in [0.25, 0.3) is 0 Å². The predicted molar refractivity (Wildman–Crippen MR) is 71.8 cm³/mol. The van der Waals surface area contributed by atoms with E-state index in [9.17, 15) is 18.0 Å². The summed E-state index contributed by atoms with van der Waals surface area (Å²) < 4.78 is 36.8. The molecule has 0 unspecified atom stereocenters. The van der Waals surface area contributed by atoms with E-state index in [4.69, 9.17) is 0 Å². The summed E-state index contributed by atoms with van der Waals surface area (Å²) in [5, 5.41) is 2.82. The average molecular weight is 301 g/mol. The summed E-state index contributed by atoms with van der Waals surface area (Å²) in [5.74, 6) is 0.0652. The molecule has 2 heterocycles. The van der Waals surface area contributed by atoms with Gasteiger partial charge >= 0.3 is 6.18 Å². The molecular formula is C14H18F3N3O. The molecule has 1 aromatic heterocycles. The van der Waals surface area contributed by atoms with Crippen LogP contribution in [0.2, 0.25) is 0 Å². The predicted octanol–water partition coefficient (Wildman–Crippen LogP) is 2.09. The first-order valence-electron chi connectivity index (χ1n) is 6.91. The molecule has 4 nitrogen and oxygen atoms in total. The van der Waals surface area contributed by atoms with Gasteiger partial charge in [-0.05, 0) is 44.0 Å². The zero-order valence-corrected chi connectivity index (χ0v) is 11.6. The number of amides is 1. The first-order valence-corrected chi connectivity index (χ1v) is 6.91. The Morgan fingerprint density at radius 2 is 1.90 bits per heavy atom. The average Bonchev–Trinajstić information content (AvgIpc) is 2.45. The van der Waals surface area contributed by atoms with E-state index in [2.05, 4.69) is 10.3 Å². The van der Waals surface area contributed by atoms with Gasteiger partial charge in [-0.25, -0.2) is 0 Å². The number of piperidine rings is 1. The minimum atomic E-state index is -4.14. The summed E-state index contributed by atoms with van der Waals surface area (Å²) in [6.07, 6.45) is 0.302. The van der Waals surface area contributed by atoms with Crippen LogP contribution in [-0.4, -0.2) is 48.1 Å². The van der Waals surface area contributed by atoms with Crippen LogP contribution in [0.15, 0.2) is 24.5 Å². The molecule has 0 aromatic carbocycles. The molecule has 1 amide bonds. The maximum atomic E-state index is 12.3. The van der Waals surface area contributed by atoms with Gasteiger partial charge in [0.2, 0.25) is 0 Å². The van der Waals surface area contributed by atoms with Crippen LogP contribution in [0, 0.1) is 5.92 Å². The second-order valence-corrected chi connectivity index (χ2v) is 5.28. The molecule has 116 valence electrons. The number of halogens is 3. The topological polar surface area (TPSA) is 45.2 Å². The van der Waals surface area contributed by atoms with Gasteiger partial charge in [-0.3, -0.25) is 14.7 Å². The second kappa shape index (κ2) is 6.89. The minimum absolute atomic E-state index is 0.171. The zero-order valence-electron chi connectivity index (χ0n) is 11.6. The molecular weight excluding hydrogens is 283 g/mol. The van der Waals surface area contributed by atoms with Crippen LogP contribution < -0.4 is 5.32 Å². The van der Waals surface area contributed by atoms with E-state index in [1.165, 1.54) is 4.90 Å². The number of pyridine rings is 1. The lowest BCUT2D eigenvalue weighted by molar-refractivity contribution is -0.148. The Kier molecular flexibility index (Phi) is 5.17. The minimum Gasteiger partial charge on any atom is -0.352 e. The van der Waals surface area contributed by atoms with E-state index < -0.39 is 12.7 Å². The number of aromatic nitrogens is 1. The number of nitrogens with zero attached hydrogens (tertiary/aromatic N) is 2. The zero-order chi connectivity index (χ0) is 15.3. The van der Waals surface area contributed by atoms with Crippen molar-refractivity contribution in [3.8, 4) is 0 Å². The van der Waals surface area contributed by atoms with Crippen molar-refractivity contribution in [2.45, 2.75) is 19.0 Å². The molecule has 1 aliphatic heterocycles. The Labute approximate surface area is 121 Å². The maximum absolute atomic E-state index is 12.3. The lowest BCUT2D eigenvalue weighted by atomic mass is 9.96. The summed E-state index contributed by atoms with van der Waals surface area (Å²) >= 11 is 0. The molecule has 1 aromatic rings. The SMILES string of the molecule is O=C(NCC1CCN(CC(F)(F)F)CC1)c1ccncc1. The quantitative estimate of drug-likeness (QED) is 0.926. The molecule has 21 heavy (non-hydrogen) atoms. The fraction of sp³-hybridized carbons (Fsp3) is 0.571. The summed E-state index contributed by atoms with van der Waals surface area (Å²) in [7, 11) is 0. The van der Waals surface area contributed by atoms with Gasteiger partial charge in [0.15, 0.2) is 0 Å². The first-order chi connectivity index (χ1) is 9.94. The molecule has 0 aliphatic carbocycles. The highest BCUT2D eigenvalue weighted by molar-refractivity contribution is 5.93. The Balaban J connectivity index is 1.71. The number of likely N-dealkylation sites (tertiary alicyclic amines) is 1. The van der Waals surface area contributed by atoms with Crippen molar-refractivity contribution in [1.82, 2.24) is 15.2 Å². The number of hydrogen-bond donors (Lipinski definition) is 1. The number of carbonyl (C=O) groups is 1. The van der Waals surface area contributed by atoms with E-state index >= 15 is 0 Å². The molecule has 0 radical (unpaired) electrons. The Hall–Kier alpha value is -1.63. The molecule has 0 bridgehead atoms. The van der Waals surface area contributed by atoms with Gasteiger partial charge in [0, 0.05) is 24.5 Å². The first kappa shape index (κ1) is 15.8. The molecule has 0 atom stereocenters. The van der Waals surface area contributed by atoms with Crippen molar-refractivity contribution in [2.75, 3.05) is 26.2 Å². The maximum Gasteiger partial charge on any atom is 0.401 e. The smallest absolute Gasteiger partial charge is 0.352 e. The van der Waals surface area contributed by atoms with Gasteiger partial charge in [0.05, 0.1) is 6.54 Å². The highest BCUT2D eigenvalue weighted by atomic mass is 19.4. The van der Waals surface area contributed by atoms with E-state index in [1.54, 1.807) is 24.5 Å². The fourth-order valence-electron chi connectivity index (χ4n) is 2.44. The number of nitrogens with one attached hydrogen (secondary N) is 1. The van der Waals surface area contributed by atoms with E-state index in [0.29, 0.717) is 38.0 Å². The standard InChI is InChI=1S/C14H18F3N3O/c15-14(16,17)10-20-7-3-11(4-8-20)9-19-13(21)12-1-5-18-6-2-12/h1-2,5-6,11H,3-4,7-10H2,(H,19,21). The van der Waals surface area contributed by atoms with E-state index in [1.807, 2.05) is 0 Å². The van der Waals surface area contributed by atoms with Gasteiger partial charge in [-0.1, -0.05) is 0 Å². The highest BCUT2D eigenvalue weighted by Crippen LogP contribution is 2.22. The van der Waals surface area contributed by atoms with Crippen LogP contribution in [0.3, 0.4) is 0 Å². The van der Waals surface area contributed by atoms with Gasteiger partial charge in [0.1, 0.15) is 0 Å². The second-order valence-electron chi connectivity index (χ2n) is 5.28. The van der Waals surface area contributed by atoms with Crippen molar-refractivity contribution in [3.05, 3.63) is 30.1 Å². The third-order valence-corrected chi connectivity index (χ3v) is 3.60. The Bertz CT molecular complexity index is 456. The van der Waals surface area contributed by atoms with Crippen molar-refractivity contribution in [1.29, 1.82) is 0 Å². The Morgan fingerprint density at radius 3 is 2.48 bits per heavy atom. The molecule has 0 saturated carbocycles. The van der Waals surface area contributed by atoms with Crippen LogP contribution in [0.1, 0.15) is 23.2 Å². The van der Waals surface area contributed by atoms with Crippen molar-refractivity contribution in [2.24, 2.45) is 5.92 Å². The van der Waals surface area contributed by atoms with Crippen LogP contribution in [0.5, 0.6) is 0 Å². The van der Waals surface area contributed by atoms with Gasteiger partial charge in [-0.15, -0.1) is 0 Å². The van der Waals surface area contributed by atoms with Crippen LogP contribution >= 0.6 is 0 Å². The summed E-state index contributed by atoms with van der Waals surface area (Å²) in [6, 6.07) is 3.25. The lowest BCUT2D eigenvalue weighted by Gasteiger charge is -2.32. The molecule has 1 aliphatic rings. The third kappa shape index (κ3) is 5.34. The molecule has 0 spiro atoms. The molecule has 2 rings (SSSR count).